The molecule has 0 bridgehead atoms. The van der Waals surface area contributed by atoms with Crippen LogP contribution in [0.4, 0.5) is 5.69 Å². The first kappa shape index (κ1) is 13.0. The molecule has 5 nitrogen and oxygen atoms in total. The summed E-state index contributed by atoms with van der Waals surface area (Å²) in [6.07, 6.45) is 0. The number of anilines is 1. The van der Waals surface area contributed by atoms with Crippen LogP contribution in [0.25, 0.3) is 20.8 Å². The lowest BCUT2D eigenvalue weighted by atomic mass is 10.2. The standard InChI is InChI=1S/C13H10N2O3S2/c14-10-6-5-8(20(16,17)18)7-9(10)13-15-11-3-1-2-4-12(11)19-13/h1-7H,14H2,(H,16,17,18)/p-1. The van der Waals surface area contributed by atoms with E-state index in [9.17, 15) is 13.0 Å². The van der Waals surface area contributed by atoms with Gasteiger partial charge in [0, 0.05) is 11.3 Å². The van der Waals surface area contributed by atoms with Gasteiger partial charge in [-0.25, -0.2) is 13.4 Å². The molecule has 102 valence electrons. The van der Waals surface area contributed by atoms with Gasteiger partial charge in [0.05, 0.1) is 15.1 Å². The Morgan fingerprint density at radius 1 is 1.15 bits per heavy atom. The number of nitrogens with zero attached hydrogens (tertiary/aromatic N) is 1. The predicted molar refractivity (Wildman–Crippen MR) is 77.4 cm³/mol. The summed E-state index contributed by atoms with van der Waals surface area (Å²) in [5, 5.41) is 0.592. The van der Waals surface area contributed by atoms with Crippen molar-refractivity contribution < 1.29 is 13.0 Å². The van der Waals surface area contributed by atoms with Crippen LogP contribution in [-0.4, -0.2) is 18.0 Å². The maximum atomic E-state index is 11.1. The zero-order valence-corrected chi connectivity index (χ0v) is 11.7. The van der Waals surface area contributed by atoms with E-state index in [1.54, 1.807) is 0 Å². The van der Waals surface area contributed by atoms with Crippen LogP contribution in [0.2, 0.25) is 0 Å². The van der Waals surface area contributed by atoms with Crippen LogP contribution in [0.5, 0.6) is 0 Å². The van der Waals surface area contributed by atoms with Crippen molar-refractivity contribution in [3.63, 3.8) is 0 Å². The molecule has 7 heteroatoms. The number of nitrogens with two attached hydrogens (primary N) is 1. The second kappa shape index (κ2) is 4.55. The van der Waals surface area contributed by atoms with Gasteiger partial charge in [-0.2, -0.15) is 0 Å². The first-order chi connectivity index (χ1) is 9.45. The van der Waals surface area contributed by atoms with Gasteiger partial charge >= 0.3 is 0 Å². The Kier molecular flexibility index (Phi) is 2.97. The lowest BCUT2D eigenvalue weighted by Gasteiger charge is -2.09. The number of benzene rings is 2. The van der Waals surface area contributed by atoms with Crippen molar-refractivity contribution in [3.05, 3.63) is 42.5 Å². The van der Waals surface area contributed by atoms with E-state index in [1.807, 2.05) is 24.3 Å². The van der Waals surface area contributed by atoms with Gasteiger partial charge in [0.2, 0.25) is 0 Å². The summed E-state index contributed by atoms with van der Waals surface area (Å²) in [5.74, 6) is 0. The minimum atomic E-state index is -4.51. The quantitative estimate of drug-likeness (QED) is 0.579. The summed E-state index contributed by atoms with van der Waals surface area (Å²) in [5.41, 5.74) is 7.51. The normalized spacial score (nSPS) is 11.8. The summed E-state index contributed by atoms with van der Waals surface area (Å²) < 4.78 is 34.2. The van der Waals surface area contributed by atoms with Crippen LogP contribution in [0, 0.1) is 0 Å². The molecule has 1 heterocycles. The highest BCUT2D eigenvalue weighted by Crippen LogP contribution is 2.34. The lowest BCUT2D eigenvalue weighted by Crippen LogP contribution is -2.00. The molecule has 0 saturated carbocycles. The van der Waals surface area contributed by atoms with Crippen LogP contribution < -0.4 is 5.73 Å². The van der Waals surface area contributed by atoms with Gasteiger partial charge in [-0.15, -0.1) is 11.3 Å². The third-order valence-corrected chi connectivity index (χ3v) is 4.74. The number of hydrogen-bond donors (Lipinski definition) is 1. The Labute approximate surface area is 119 Å². The van der Waals surface area contributed by atoms with Crippen LogP contribution in [0.3, 0.4) is 0 Å². The number of rotatable bonds is 2. The molecule has 0 fully saturated rings. The molecule has 20 heavy (non-hydrogen) atoms. The molecule has 2 aromatic carbocycles. The fourth-order valence-electron chi connectivity index (χ4n) is 1.86. The third-order valence-electron chi connectivity index (χ3n) is 2.84. The summed E-state index contributed by atoms with van der Waals surface area (Å²) >= 11 is 1.40. The minimum absolute atomic E-state index is 0.305. The molecule has 1 aromatic heterocycles. The minimum Gasteiger partial charge on any atom is -0.744 e. The van der Waals surface area contributed by atoms with Crippen LogP contribution in [0.1, 0.15) is 0 Å². The van der Waals surface area contributed by atoms with E-state index >= 15 is 0 Å². The van der Waals surface area contributed by atoms with Gasteiger partial charge in [-0.1, -0.05) is 12.1 Å². The molecule has 0 radical (unpaired) electrons. The van der Waals surface area contributed by atoms with E-state index in [-0.39, 0.29) is 4.90 Å². The molecule has 0 spiro atoms. The molecular weight excluding hydrogens is 296 g/mol. The summed E-state index contributed by atoms with van der Waals surface area (Å²) in [7, 11) is -4.51. The van der Waals surface area contributed by atoms with Crippen molar-refractivity contribution in [1.82, 2.24) is 4.98 Å². The zero-order chi connectivity index (χ0) is 14.3. The Morgan fingerprint density at radius 3 is 2.60 bits per heavy atom. The molecule has 0 aliphatic carbocycles. The predicted octanol–water partition coefficient (Wildman–Crippen LogP) is 2.45. The van der Waals surface area contributed by atoms with Crippen LogP contribution in [-0.2, 0) is 10.1 Å². The SMILES string of the molecule is Nc1ccc(S(=O)(=O)[O-])cc1-c1nc2ccccc2s1. The van der Waals surface area contributed by atoms with Crippen molar-refractivity contribution in [3.8, 4) is 10.6 Å². The van der Waals surface area contributed by atoms with E-state index in [0.717, 1.165) is 10.2 Å². The zero-order valence-electron chi connectivity index (χ0n) is 10.1. The van der Waals surface area contributed by atoms with Crippen LogP contribution >= 0.6 is 11.3 Å². The molecular formula is C13H9N2O3S2-. The monoisotopic (exact) mass is 305 g/mol. The number of fused-ring (bicyclic) bond motifs is 1. The van der Waals surface area contributed by atoms with Gasteiger partial charge in [0.15, 0.2) is 0 Å². The van der Waals surface area contributed by atoms with Crippen molar-refractivity contribution in [2.45, 2.75) is 4.90 Å². The second-order valence-electron chi connectivity index (χ2n) is 4.19. The summed E-state index contributed by atoms with van der Waals surface area (Å²) in [6.45, 7) is 0. The van der Waals surface area contributed by atoms with E-state index < -0.39 is 10.1 Å². The lowest BCUT2D eigenvalue weighted by molar-refractivity contribution is 0.463. The Hall–Kier alpha value is -1.96. The Bertz CT molecular complexity index is 868. The van der Waals surface area contributed by atoms with E-state index in [4.69, 9.17) is 5.73 Å². The van der Waals surface area contributed by atoms with Crippen molar-refractivity contribution >= 4 is 37.4 Å². The van der Waals surface area contributed by atoms with Gasteiger partial charge < -0.3 is 10.3 Å². The number of para-hydroxylation sites is 1. The maximum absolute atomic E-state index is 11.1. The first-order valence-corrected chi connectivity index (χ1v) is 7.89. The average molecular weight is 305 g/mol. The third kappa shape index (κ3) is 2.26. The smallest absolute Gasteiger partial charge is 0.126 e. The molecule has 2 N–H and O–H groups in total. The van der Waals surface area contributed by atoms with E-state index in [1.165, 1.54) is 29.5 Å². The molecule has 3 rings (SSSR count). The fraction of sp³-hybridized carbons (Fsp3) is 0. The molecule has 0 atom stereocenters. The van der Waals surface area contributed by atoms with Crippen LogP contribution in [0.15, 0.2) is 47.4 Å². The molecule has 3 aromatic rings. The molecule has 0 unspecified atom stereocenters. The van der Waals surface area contributed by atoms with E-state index in [0.29, 0.717) is 16.3 Å². The number of nitrogen functional groups attached to an aromatic ring is 1. The van der Waals surface area contributed by atoms with Gasteiger partial charge in [0.1, 0.15) is 15.1 Å². The molecule has 0 amide bonds. The number of hydrogen-bond acceptors (Lipinski definition) is 6. The van der Waals surface area contributed by atoms with Crippen molar-refractivity contribution in [2.75, 3.05) is 5.73 Å². The number of aromatic nitrogens is 1. The van der Waals surface area contributed by atoms with E-state index in [2.05, 4.69) is 4.98 Å². The van der Waals surface area contributed by atoms with Crippen molar-refractivity contribution in [1.29, 1.82) is 0 Å². The van der Waals surface area contributed by atoms with Gasteiger partial charge in [-0.3, -0.25) is 0 Å². The molecule has 0 aliphatic rings. The average Bonchev–Trinajstić information content (AvgIpc) is 2.81. The Morgan fingerprint density at radius 2 is 1.90 bits per heavy atom. The van der Waals surface area contributed by atoms with Gasteiger partial charge in [-0.05, 0) is 30.3 Å². The largest absolute Gasteiger partial charge is 0.744 e. The summed E-state index contributed by atoms with van der Waals surface area (Å²) in [6, 6.07) is 11.4. The number of thiazole rings is 1. The maximum Gasteiger partial charge on any atom is 0.126 e. The fourth-order valence-corrected chi connectivity index (χ4v) is 3.36. The summed E-state index contributed by atoms with van der Waals surface area (Å²) in [4.78, 5) is 4.10. The highest BCUT2D eigenvalue weighted by Gasteiger charge is 2.12. The topological polar surface area (TPSA) is 96.1 Å². The van der Waals surface area contributed by atoms with Crippen molar-refractivity contribution in [2.24, 2.45) is 0 Å². The molecule has 0 saturated heterocycles. The highest BCUT2D eigenvalue weighted by atomic mass is 32.2. The first-order valence-electron chi connectivity index (χ1n) is 5.66. The Balaban J connectivity index is 2.23. The molecule has 0 aliphatic heterocycles. The highest BCUT2D eigenvalue weighted by molar-refractivity contribution is 7.85. The van der Waals surface area contributed by atoms with Gasteiger partial charge in [0.25, 0.3) is 0 Å². The second-order valence-corrected chi connectivity index (χ2v) is 6.60.